The highest BCUT2D eigenvalue weighted by atomic mass is 35.5. The van der Waals surface area contributed by atoms with E-state index in [2.05, 4.69) is 16.0 Å². The third-order valence-corrected chi connectivity index (χ3v) is 6.72. The summed E-state index contributed by atoms with van der Waals surface area (Å²) < 4.78 is 0. The van der Waals surface area contributed by atoms with Gasteiger partial charge < -0.3 is 16.0 Å². The van der Waals surface area contributed by atoms with Gasteiger partial charge in [0.05, 0.1) is 5.75 Å². The standard InChI is InChI=1S/C30H23Cl2N3O3S/c31-22-10-4-7-20(15-22)16-27(35-29(37)21-8-2-1-3-9-21)30(38)34-25-13-6-14-26(18-25)39-19-28(36)33-24-12-5-11-23(32)17-24/h1-18H,19H2,(H,33,36)(H,34,38)(H,35,37)/b27-16-. The van der Waals surface area contributed by atoms with Crippen molar-refractivity contribution in [2.45, 2.75) is 4.90 Å². The van der Waals surface area contributed by atoms with Crippen molar-refractivity contribution >= 4 is 70.1 Å². The summed E-state index contributed by atoms with van der Waals surface area (Å²) in [7, 11) is 0. The number of carbonyl (C=O) groups excluding carboxylic acids is 3. The Morgan fingerprint density at radius 3 is 2.10 bits per heavy atom. The Balaban J connectivity index is 1.45. The Hall–Kier alpha value is -4.04. The Labute approximate surface area is 240 Å². The zero-order valence-corrected chi connectivity index (χ0v) is 22.8. The third-order valence-electron chi connectivity index (χ3n) is 5.26. The smallest absolute Gasteiger partial charge is 0.272 e. The molecule has 0 unspecified atom stereocenters. The second-order valence-corrected chi connectivity index (χ2v) is 10.2. The minimum atomic E-state index is -0.514. The van der Waals surface area contributed by atoms with Crippen LogP contribution in [0.2, 0.25) is 10.0 Å². The summed E-state index contributed by atoms with van der Waals surface area (Å²) >= 11 is 13.4. The first-order chi connectivity index (χ1) is 18.9. The van der Waals surface area contributed by atoms with Gasteiger partial charge in [-0.25, -0.2) is 0 Å². The van der Waals surface area contributed by atoms with Crippen LogP contribution in [0, 0.1) is 0 Å². The van der Waals surface area contributed by atoms with E-state index < -0.39 is 11.8 Å². The van der Waals surface area contributed by atoms with Crippen molar-refractivity contribution in [2.75, 3.05) is 16.4 Å². The molecule has 0 saturated heterocycles. The molecule has 0 saturated carbocycles. The molecule has 39 heavy (non-hydrogen) atoms. The van der Waals surface area contributed by atoms with E-state index in [1.54, 1.807) is 103 Å². The van der Waals surface area contributed by atoms with Gasteiger partial charge in [0.25, 0.3) is 11.8 Å². The van der Waals surface area contributed by atoms with Gasteiger partial charge in [-0.15, -0.1) is 11.8 Å². The van der Waals surface area contributed by atoms with Gasteiger partial charge in [0.2, 0.25) is 5.91 Å². The summed E-state index contributed by atoms with van der Waals surface area (Å²) in [6, 6.07) is 29.6. The number of nitrogens with one attached hydrogen (secondary N) is 3. The molecule has 0 atom stereocenters. The van der Waals surface area contributed by atoms with Crippen LogP contribution in [0.25, 0.3) is 6.08 Å². The summed E-state index contributed by atoms with van der Waals surface area (Å²) in [5, 5.41) is 9.37. The van der Waals surface area contributed by atoms with Crippen LogP contribution in [0.3, 0.4) is 0 Å². The maximum Gasteiger partial charge on any atom is 0.272 e. The highest BCUT2D eigenvalue weighted by Gasteiger charge is 2.15. The predicted molar refractivity (Wildman–Crippen MR) is 159 cm³/mol. The van der Waals surface area contributed by atoms with E-state index in [9.17, 15) is 14.4 Å². The first-order valence-electron chi connectivity index (χ1n) is 11.8. The number of hydrogen-bond acceptors (Lipinski definition) is 4. The number of anilines is 2. The molecule has 4 aromatic rings. The molecule has 0 radical (unpaired) electrons. The van der Waals surface area contributed by atoms with Crippen molar-refractivity contribution < 1.29 is 14.4 Å². The maximum absolute atomic E-state index is 13.3. The van der Waals surface area contributed by atoms with E-state index in [1.807, 2.05) is 6.07 Å². The van der Waals surface area contributed by atoms with Crippen molar-refractivity contribution in [3.05, 3.63) is 130 Å². The fourth-order valence-corrected chi connectivity index (χ4v) is 4.62. The lowest BCUT2D eigenvalue weighted by Crippen LogP contribution is -2.30. The monoisotopic (exact) mass is 575 g/mol. The van der Waals surface area contributed by atoms with E-state index >= 15 is 0 Å². The molecule has 0 fully saturated rings. The van der Waals surface area contributed by atoms with Crippen molar-refractivity contribution in [2.24, 2.45) is 0 Å². The van der Waals surface area contributed by atoms with Crippen LogP contribution in [-0.2, 0) is 9.59 Å². The van der Waals surface area contributed by atoms with Crippen molar-refractivity contribution in [3.8, 4) is 0 Å². The second kappa shape index (κ2) is 13.7. The number of rotatable bonds is 9. The highest BCUT2D eigenvalue weighted by Crippen LogP contribution is 2.23. The minimum Gasteiger partial charge on any atom is -0.325 e. The molecule has 0 aliphatic rings. The Morgan fingerprint density at radius 1 is 0.718 bits per heavy atom. The molecule has 0 heterocycles. The summed E-state index contributed by atoms with van der Waals surface area (Å²) in [5.74, 6) is -0.960. The lowest BCUT2D eigenvalue weighted by molar-refractivity contribution is -0.114. The maximum atomic E-state index is 13.3. The van der Waals surface area contributed by atoms with Gasteiger partial charge in [-0.3, -0.25) is 14.4 Å². The molecule has 6 nitrogen and oxygen atoms in total. The molecule has 196 valence electrons. The Kier molecular flexibility index (Phi) is 9.80. The number of halogens is 2. The summed E-state index contributed by atoms with van der Waals surface area (Å²) in [4.78, 5) is 39.2. The Morgan fingerprint density at radius 2 is 1.38 bits per heavy atom. The zero-order valence-electron chi connectivity index (χ0n) is 20.5. The first-order valence-corrected chi connectivity index (χ1v) is 13.5. The molecule has 0 bridgehead atoms. The molecule has 3 amide bonds. The predicted octanol–water partition coefficient (Wildman–Crippen LogP) is 7.13. The molecule has 0 aromatic heterocycles. The fourth-order valence-electron chi connectivity index (χ4n) is 3.48. The number of carbonyl (C=O) groups is 3. The molecule has 3 N–H and O–H groups in total. The van der Waals surface area contributed by atoms with Gasteiger partial charge in [-0.05, 0) is 72.3 Å². The van der Waals surface area contributed by atoms with Gasteiger partial charge in [0.15, 0.2) is 0 Å². The van der Waals surface area contributed by atoms with Crippen LogP contribution in [0.4, 0.5) is 11.4 Å². The third kappa shape index (κ3) is 8.75. The number of hydrogen-bond donors (Lipinski definition) is 3. The second-order valence-electron chi connectivity index (χ2n) is 8.26. The van der Waals surface area contributed by atoms with Crippen LogP contribution in [0.1, 0.15) is 15.9 Å². The molecular weight excluding hydrogens is 553 g/mol. The van der Waals surface area contributed by atoms with Crippen LogP contribution in [0.15, 0.2) is 114 Å². The fraction of sp³-hybridized carbons (Fsp3) is 0.0333. The van der Waals surface area contributed by atoms with Gasteiger partial charge >= 0.3 is 0 Å². The number of benzene rings is 4. The van der Waals surface area contributed by atoms with Crippen LogP contribution in [-0.4, -0.2) is 23.5 Å². The van der Waals surface area contributed by atoms with Gasteiger partial charge in [-0.1, -0.05) is 65.7 Å². The summed E-state index contributed by atoms with van der Waals surface area (Å²) in [6.45, 7) is 0. The molecule has 0 aliphatic heterocycles. The largest absolute Gasteiger partial charge is 0.325 e. The highest BCUT2D eigenvalue weighted by molar-refractivity contribution is 8.00. The normalized spacial score (nSPS) is 11.0. The van der Waals surface area contributed by atoms with E-state index in [1.165, 1.54) is 11.8 Å². The van der Waals surface area contributed by atoms with Crippen LogP contribution < -0.4 is 16.0 Å². The van der Waals surface area contributed by atoms with Gasteiger partial charge in [0.1, 0.15) is 5.70 Å². The quantitative estimate of drug-likeness (QED) is 0.146. The molecule has 9 heteroatoms. The Bertz CT molecular complexity index is 1530. The van der Waals surface area contributed by atoms with E-state index in [0.717, 1.165) is 4.90 Å². The zero-order chi connectivity index (χ0) is 27.6. The molecule has 4 rings (SSSR count). The van der Waals surface area contributed by atoms with Crippen LogP contribution >= 0.6 is 35.0 Å². The van der Waals surface area contributed by atoms with Crippen molar-refractivity contribution in [1.82, 2.24) is 5.32 Å². The average molecular weight is 577 g/mol. The van der Waals surface area contributed by atoms with Gasteiger partial charge in [0, 0.05) is 31.9 Å². The van der Waals surface area contributed by atoms with Crippen molar-refractivity contribution in [1.29, 1.82) is 0 Å². The topological polar surface area (TPSA) is 87.3 Å². The van der Waals surface area contributed by atoms with Crippen LogP contribution in [0.5, 0.6) is 0 Å². The first kappa shape index (κ1) is 28.0. The SMILES string of the molecule is O=C(CSc1cccc(NC(=O)/C(=C/c2cccc(Cl)c2)NC(=O)c2ccccc2)c1)Nc1cccc(Cl)c1. The lowest BCUT2D eigenvalue weighted by atomic mass is 10.1. The van der Waals surface area contributed by atoms with Gasteiger partial charge in [-0.2, -0.15) is 0 Å². The summed E-state index contributed by atoms with van der Waals surface area (Å²) in [6.07, 6.45) is 1.56. The molecule has 4 aromatic carbocycles. The van der Waals surface area contributed by atoms with E-state index in [0.29, 0.717) is 32.5 Å². The molecular formula is C30H23Cl2N3O3S. The number of amides is 3. The lowest BCUT2D eigenvalue weighted by Gasteiger charge is -2.12. The minimum absolute atomic E-state index is 0.0464. The van der Waals surface area contributed by atoms with E-state index in [-0.39, 0.29) is 17.4 Å². The molecule has 0 aliphatic carbocycles. The van der Waals surface area contributed by atoms with E-state index in [4.69, 9.17) is 23.2 Å². The molecule has 0 spiro atoms. The number of thioether (sulfide) groups is 1. The average Bonchev–Trinajstić information content (AvgIpc) is 2.92. The summed E-state index contributed by atoms with van der Waals surface area (Å²) in [5.41, 5.74) is 2.23. The van der Waals surface area contributed by atoms with Crippen molar-refractivity contribution in [3.63, 3.8) is 0 Å².